The van der Waals surface area contributed by atoms with Crippen molar-refractivity contribution in [2.45, 2.75) is 25.3 Å². The Balaban J connectivity index is 1.99. The van der Waals surface area contributed by atoms with Crippen LogP contribution in [0.1, 0.15) is 19.3 Å². The molecule has 0 bridgehead atoms. The zero-order chi connectivity index (χ0) is 10.3. The minimum Gasteiger partial charge on any atom is -0.353 e. The van der Waals surface area contributed by atoms with Gasteiger partial charge < -0.3 is 9.88 Å². The first-order valence-electron chi connectivity index (χ1n) is 5.52. The summed E-state index contributed by atoms with van der Waals surface area (Å²) in [5.41, 5.74) is 2.26. The molecule has 3 heteroatoms. The minimum atomic E-state index is 0.639. The molecule has 15 heavy (non-hydrogen) atoms. The van der Waals surface area contributed by atoms with Gasteiger partial charge in [0.25, 0.3) is 0 Å². The molecule has 1 aliphatic carbocycles. The molecular formula is C12H15N3. The average molecular weight is 201 g/mol. The first-order chi connectivity index (χ1) is 7.34. The number of nitrogens with one attached hydrogen (secondary N) is 1. The maximum Gasteiger partial charge on any atom is 0.203 e. The van der Waals surface area contributed by atoms with Crippen LogP contribution >= 0.6 is 0 Å². The van der Waals surface area contributed by atoms with Crippen molar-refractivity contribution in [2.24, 2.45) is 7.05 Å². The predicted molar refractivity (Wildman–Crippen MR) is 62.0 cm³/mol. The Morgan fingerprint density at radius 2 is 2.13 bits per heavy atom. The first kappa shape index (κ1) is 8.77. The molecule has 2 aromatic rings. The molecule has 0 aliphatic heterocycles. The highest BCUT2D eigenvalue weighted by Gasteiger charge is 2.19. The van der Waals surface area contributed by atoms with Crippen LogP contribution in [0.4, 0.5) is 5.95 Å². The Hall–Kier alpha value is -1.51. The number of aromatic nitrogens is 2. The summed E-state index contributed by atoms with van der Waals surface area (Å²) in [6.07, 6.45) is 3.91. The molecule has 1 aromatic heterocycles. The summed E-state index contributed by atoms with van der Waals surface area (Å²) >= 11 is 0. The molecule has 0 unspecified atom stereocenters. The highest BCUT2D eigenvalue weighted by molar-refractivity contribution is 5.78. The second kappa shape index (κ2) is 3.26. The number of imidazole rings is 1. The van der Waals surface area contributed by atoms with Gasteiger partial charge in [-0.25, -0.2) is 4.98 Å². The van der Waals surface area contributed by atoms with Gasteiger partial charge in [-0.2, -0.15) is 0 Å². The normalized spacial score (nSPS) is 16.6. The molecule has 3 nitrogen and oxygen atoms in total. The Morgan fingerprint density at radius 1 is 1.33 bits per heavy atom. The summed E-state index contributed by atoms with van der Waals surface area (Å²) in [5, 5.41) is 3.49. The lowest BCUT2D eigenvalue weighted by atomic mass is 9.93. The predicted octanol–water partition coefficient (Wildman–Crippen LogP) is 2.54. The van der Waals surface area contributed by atoms with Crippen molar-refractivity contribution in [2.75, 3.05) is 5.32 Å². The summed E-state index contributed by atoms with van der Waals surface area (Å²) in [6, 6.07) is 8.88. The molecular weight excluding hydrogens is 186 g/mol. The van der Waals surface area contributed by atoms with E-state index in [1.807, 2.05) is 6.07 Å². The summed E-state index contributed by atoms with van der Waals surface area (Å²) in [4.78, 5) is 4.59. The van der Waals surface area contributed by atoms with Gasteiger partial charge in [0.1, 0.15) is 0 Å². The number of benzene rings is 1. The Labute approximate surface area is 89.1 Å². The van der Waals surface area contributed by atoms with Crippen LogP contribution in [-0.4, -0.2) is 15.6 Å². The van der Waals surface area contributed by atoms with E-state index in [9.17, 15) is 0 Å². The Morgan fingerprint density at radius 3 is 2.80 bits per heavy atom. The quantitative estimate of drug-likeness (QED) is 0.809. The van der Waals surface area contributed by atoms with E-state index in [2.05, 4.69) is 40.1 Å². The number of para-hydroxylation sites is 2. The molecule has 1 aliphatic rings. The van der Waals surface area contributed by atoms with Crippen molar-refractivity contribution in [3.8, 4) is 0 Å². The SMILES string of the molecule is Cn1c(NC2CCC2)nc2ccccc21. The molecule has 1 heterocycles. The summed E-state index contributed by atoms with van der Waals surface area (Å²) < 4.78 is 2.13. The maximum atomic E-state index is 4.59. The Kier molecular flexibility index (Phi) is 1.91. The molecule has 0 spiro atoms. The fourth-order valence-corrected chi connectivity index (χ4v) is 2.01. The van der Waals surface area contributed by atoms with Crippen molar-refractivity contribution in [3.05, 3.63) is 24.3 Å². The summed E-state index contributed by atoms with van der Waals surface area (Å²) in [5.74, 6) is 1.00. The number of fused-ring (bicyclic) bond motifs is 1. The number of nitrogens with zero attached hydrogens (tertiary/aromatic N) is 2. The molecule has 3 rings (SSSR count). The van der Waals surface area contributed by atoms with Gasteiger partial charge in [0.2, 0.25) is 5.95 Å². The van der Waals surface area contributed by atoms with Crippen LogP contribution < -0.4 is 5.32 Å². The molecule has 1 aromatic carbocycles. The van der Waals surface area contributed by atoms with E-state index in [-0.39, 0.29) is 0 Å². The van der Waals surface area contributed by atoms with Gasteiger partial charge in [-0.15, -0.1) is 0 Å². The number of hydrogen-bond donors (Lipinski definition) is 1. The van der Waals surface area contributed by atoms with Gasteiger partial charge in [-0.3, -0.25) is 0 Å². The molecule has 1 saturated carbocycles. The maximum absolute atomic E-state index is 4.59. The smallest absolute Gasteiger partial charge is 0.203 e. The number of rotatable bonds is 2. The lowest BCUT2D eigenvalue weighted by Crippen LogP contribution is -2.28. The van der Waals surface area contributed by atoms with Gasteiger partial charge in [-0.1, -0.05) is 12.1 Å². The standard InChI is InChI=1S/C12H15N3/c1-15-11-8-3-2-7-10(11)14-12(15)13-9-5-4-6-9/h2-3,7-9H,4-6H2,1H3,(H,13,14). The number of anilines is 1. The zero-order valence-corrected chi connectivity index (χ0v) is 8.90. The molecule has 1 N–H and O–H groups in total. The topological polar surface area (TPSA) is 29.9 Å². The third-order valence-corrected chi connectivity index (χ3v) is 3.23. The van der Waals surface area contributed by atoms with Crippen LogP contribution in [0.3, 0.4) is 0 Å². The van der Waals surface area contributed by atoms with Crippen LogP contribution in [0.25, 0.3) is 11.0 Å². The second-order valence-electron chi connectivity index (χ2n) is 4.26. The second-order valence-corrected chi connectivity index (χ2v) is 4.26. The molecule has 78 valence electrons. The molecule has 0 saturated heterocycles. The van der Waals surface area contributed by atoms with Crippen molar-refractivity contribution in [1.29, 1.82) is 0 Å². The first-order valence-corrected chi connectivity index (χ1v) is 5.52. The monoisotopic (exact) mass is 201 g/mol. The Bertz CT molecular complexity index is 483. The number of hydrogen-bond acceptors (Lipinski definition) is 2. The van der Waals surface area contributed by atoms with Crippen LogP contribution in [0.5, 0.6) is 0 Å². The zero-order valence-electron chi connectivity index (χ0n) is 8.90. The van der Waals surface area contributed by atoms with Gasteiger partial charge in [0.15, 0.2) is 0 Å². The lowest BCUT2D eigenvalue weighted by molar-refractivity contribution is 0.442. The van der Waals surface area contributed by atoms with Crippen LogP contribution in [0.15, 0.2) is 24.3 Å². The van der Waals surface area contributed by atoms with E-state index < -0.39 is 0 Å². The largest absolute Gasteiger partial charge is 0.353 e. The van der Waals surface area contributed by atoms with Crippen LogP contribution in [0.2, 0.25) is 0 Å². The fraction of sp³-hybridized carbons (Fsp3) is 0.417. The highest BCUT2D eigenvalue weighted by Crippen LogP contribution is 2.24. The molecule has 0 atom stereocenters. The lowest BCUT2D eigenvalue weighted by Gasteiger charge is -2.26. The highest BCUT2D eigenvalue weighted by atomic mass is 15.2. The van der Waals surface area contributed by atoms with Crippen molar-refractivity contribution in [3.63, 3.8) is 0 Å². The molecule has 0 amide bonds. The van der Waals surface area contributed by atoms with E-state index >= 15 is 0 Å². The van der Waals surface area contributed by atoms with Crippen molar-refractivity contribution < 1.29 is 0 Å². The van der Waals surface area contributed by atoms with Crippen LogP contribution in [0, 0.1) is 0 Å². The van der Waals surface area contributed by atoms with Crippen molar-refractivity contribution >= 4 is 17.0 Å². The van der Waals surface area contributed by atoms with Crippen molar-refractivity contribution in [1.82, 2.24) is 9.55 Å². The van der Waals surface area contributed by atoms with E-state index in [0.29, 0.717) is 6.04 Å². The van der Waals surface area contributed by atoms with E-state index in [1.165, 1.54) is 24.8 Å². The molecule has 0 radical (unpaired) electrons. The minimum absolute atomic E-state index is 0.639. The van der Waals surface area contributed by atoms with Crippen LogP contribution in [-0.2, 0) is 7.05 Å². The van der Waals surface area contributed by atoms with Gasteiger partial charge in [-0.05, 0) is 31.4 Å². The van der Waals surface area contributed by atoms with E-state index in [4.69, 9.17) is 0 Å². The average Bonchev–Trinajstić information content (AvgIpc) is 2.51. The number of aryl methyl sites for hydroxylation is 1. The van der Waals surface area contributed by atoms with Gasteiger partial charge in [0.05, 0.1) is 11.0 Å². The summed E-state index contributed by atoms with van der Waals surface area (Å²) in [7, 11) is 2.07. The fourth-order valence-electron chi connectivity index (χ4n) is 2.01. The van der Waals surface area contributed by atoms with E-state index in [1.54, 1.807) is 0 Å². The van der Waals surface area contributed by atoms with Gasteiger partial charge in [0, 0.05) is 13.1 Å². The van der Waals surface area contributed by atoms with Gasteiger partial charge >= 0.3 is 0 Å². The molecule has 1 fully saturated rings. The summed E-state index contributed by atoms with van der Waals surface area (Å²) in [6.45, 7) is 0. The third-order valence-electron chi connectivity index (χ3n) is 3.23. The van der Waals surface area contributed by atoms with E-state index in [0.717, 1.165) is 11.5 Å². The third kappa shape index (κ3) is 1.39.